The quantitative estimate of drug-likeness (QED) is 0.575. The number of hydrogen-bond donors (Lipinski definition) is 1. The summed E-state index contributed by atoms with van der Waals surface area (Å²) >= 11 is 0. The van der Waals surface area contributed by atoms with Crippen molar-refractivity contribution in [1.82, 2.24) is 19.6 Å². The topological polar surface area (TPSA) is 78.3 Å². The predicted octanol–water partition coefficient (Wildman–Crippen LogP) is 3.97. The van der Waals surface area contributed by atoms with Gasteiger partial charge in [0.2, 0.25) is 0 Å². The zero-order valence-electron chi connectivity index (χ0n) is 14.4. The van der Waals surface area contributed by atoms with Crippen LogP contribution in [0.15, 0.2) is 60.9 Å². The Kier molecular flexibility index (Phi) is 4.34. The van der Waals surface area contributed by atoms with Gasteiger partial charge in [-0.2, -0.15) is 13.2 Å². The predicted molar refractivity (Wildman–Crippen MR) is 96.4 cm³/mol. The SMILES string of the molecule is Nc1nnc(-c2ccc(C(F)(F)F)cc2OCc2ccccc2)n2ccnc12. The van der Waals surface area contributed by atoms with Crippen LogP contribution in [0.2, 0.25) is 0 Å². The molecule has 2 N–H and O–H groups in total. The third-order valence-corrected chi connectivity index (χ3v) is 4.14. The largest absolute Gasteiger partial charge is 0.488 e. The molecule has 0 atom stereocenters. The lowest BCUT2D eigenvalue weighted by atomic mass is 10.1. The highest BCUT2D eigenvalue weighted by Crippen LogP contribution is 2.37. The number of benzene rings is 2. The third kappa shape index (κ3) is 3.34. The van der Waals surface area contributed by atoms with Crippen LogP contribution in [0.25, 0.3) is 17.0 Å². The van der Waals surface area contributed by atoms with Gasteiger partial charge in [0.05, 0.1) is 11.1 Å². The van der Waals surface area contributed by atoms with Gasteiger partial charge in [-0.3, -0.25) is 4.40 Å². The average molecular weight is 385 g/mol. The molecule has 0 radical (unpaired) electrons. The third-order valence-electron chi connectivity index (χ3n) is 4.14. The Labute approximate surface area is 157 Å². The van der Waals surface area contributed by atoms with Crippen LogP contribution in [0.1, 0.15) is 11.1 Å². The average Bonchev–Trinajstić information content (AvgIpc) is 3.18. The van der Waals surface area contributed by atoms with E-state index in [1.165, 1.54) is 12.3 Å². The Morgan fingerprint density at radius 3 is 2.57 bits per heavy atom. The van der Waals surface area contributed by atoms with Crippen molar-refractivity contribution in [1.29, 1.82) is 0 Å². The van der Waals surface area contributed by atoms with Crippen LogP contribution in [-0.4, -0.2) is 19.6 Å². The smallest absolute Gasteiger partial charge is 0.416 e. The summed E-state index contributed by atoms with van der Waals surface area (Å²) in [7, 11) is 0. The van der Waals surface area contributed by atoms with Crippen LogP contribution >= 0.6 is 0 Å². The molecule has 2 aromatic carbocycles. The second-order valence-corrected chi connectivity index (χ2v) is 6.01. The molecule has 0 saturated heterocycles. The van der Waals surface area contributed by atoms with E-state index < -0.39 is 11.7 Å². The van der Waals surface area contributed by atoms with Crippen molar-refractivity contribution in [3.8, 4) is 17.1 Å². The molecular formula is C19H14F3N5O. The molecule has 0 aliphatic carbocycles. The fourth-order valence-electron chi connectivity index (χ4n) is 2.78. The van der Waals surface area contributed by atoms with E-state index in [2.05, 4.69) is 15.2 Å². The van der Waals surface area contributed by atoms with Gasteiger partial charge in [0.25, 0.3) is 0 Å². The van der Waals surface area contributed by atoms with Crippen molar-refractivity contribution >= 4 is 11.5 Å². The van der Waals surface area contributed by atoms with Gasteiger partial charge >= 0.3 is 6.18 Å². The fraction of sp³-hybridized carbons (Fsp3) is 0.105. The van der Waals surface area contributed by atoms with Gasteiger partial charge in [-0.25, -0.2) is 4.98 Å². The molecule has 0 amide bonds. The summed E-state index contributed by atoms with van der Waals surface area (Å²) in [6, 6.07) is 12.4. The molecule has 4 aromatic rings. The lowest BCUT2D eigenvalue weighted by Gasteiger charge is -2.15. The molecule has 28 heavy (non-hydrogen) atoms. The maximum absolute atomic E-state index is 13.2. The number of rotatable bonds is 4. The number of nitrogens with two attached hydrogens (primary N) is 1. The number of nitrogens with zero attached hydrogens (tertiary/aromatic N) is 4. The van der Waals surface area contributed by atoms with E-state index in [-0.39, 0.29) is 24.0 Å². The summed E-state index contributed by atoms with van der Waals surface area (Å²) < 4.78 is 46.9. The number of anilines is 1. The first-order valence-corrected chi connectivity index (χ1v) is 8.27. The van der Waals surface area contributed by atoms with Crippen molar-refractivity contribution < 1.29 is 17.9 Å². The first-order chi connectivity index (χ1) is 13.4. The van der Waals surface area contributed by atoms with E-state index in [9.17, 15) is 13.2 Å². The Morgan fingerprint density at radius 1 is 1.04 bits per heavy atom. The van der Waals surface area contributed by atoms with Crippen LogP contribution in [0.4, 0.5) is 19.0 Å². The second kappa shape index (κ2) is 6.84. The number of hydrogen-bond acceptors (Lipinski definition) is 5. The van der Waals surface area contributed by atoms with Gasteiger partial charge in [-0.05, 0) is 23.8 Å². The molecule has 2 aromatic heterocycles. The highest BCUT2D eigenvalue weighted by molar-refractivity contribution is 5.70. The van der Waals surface area contributed by atoms with Crippen LogP contribution in [-0.2, 0) is 12.8 Å². The van der Waals surface area contributed by atoms with E-state index in [1.54, 1.807) is 10.6 Å². The minimum absolute atomic E-state index is 0.0350. The van der Waals surface area contributed by atoms with Crippen molar-refractivity contribution in [2.24, 2.45) is 0 Å². The molecule has 0 bridgehead atoms. The molecule has 0 aliphatic heterocycles. The van der Waals surface area contributed by atoms with Gasteiger partial charge in [-0.15, -0.1) is 10.2 Å². The summed E-state index contributed by atoms with van der Waals surface area (Å²) in [6.07, 6.45) is -1.39. The summed E-state index contributed by atoms with van der Waals surface area (Å²) in [5, 5.41) is 7.90. The van der Waals surface area contributed by atoms with Crippen molar-refractivity contribution in [2.75, 3.05) is 5.73 Å². The molecular weight excluding hydrogens is 371 g/mol. The standard InChI is InChI=1S/C19H14F3N5O/c20-19(21,22)13-6-7-14(15(10-13)28-11-12-4-2-1-3-5-12)17-26-25-16(23)18-24-8-9-27(17)18/h1-10H,11H2,(H2,23,25). The van der Waals surface area contributed by atoms with Crippen molar-refractivity contribution in [3.63, 3.8) is 0 Å². The lowest BCUT2D eigenvalue weighted by Crippen LogP contribution is -2.08. The fourth-order valence-corrected chi connectivity index (χ4v) is 2.78. The van der Waals surface area contributed by atoms with Crippen molar-refractivity contribution in [3.05, 3.63) is 72.1 Å². The van der Waals surface area contributed by atoms with E-state index in [0.29, 0.717) is 11.2 Å². The monoisotopic (exact) mass is 385 g/mol. The minimum atomic E-state index is -4.50. The molecule has 4 rings (SSSR count). The van der Waals surface area contributed by atoms with Gasteiger partial charge in [0, 0.05) is 12.4 Å². The van der Waals surface area contributed by atoms with Gasteiger partial charge in [0.15, 0.2) is 17.3 Å². The molecule has 6 nitrogen and oxygen atoms in total. The van der Waals surface area contributed by atoms with Gasteiger partial charge in [-0.1, -0.05) is 30.3 Å². The summed E-state index contributed by atoms with van der Waals surface area (Å²) in [6.45, 7) is 0.102. The number of imidazole rings is 1. The number of fused-ring (bicyclic) bond motifs is 1. The Hall–Kier alpha value is -3.62. The summed E-state index contributed by atoms with van der Waals surface area (Å²) in [4.78, 5) is 4.10. The molecule has 0 fully saturated rings. The summed E-state index contributed by atoms with van der Waals surface area (Å²) in [5.41, 5.74) is 6.48. The Bertz CT molecular complexity index is 1130. The van der Waals surface area contributed by atoms with E-state index in [4.69, 9.17) is 10.5 Å². The Balaban J connectivity index is 1.81. The van der Waals surface area contributed by atoms with Gasteiger partial charge in [0.1, 0.15) is 12.4 Å². The maximum atomic E-state index is 13.2. The number of alkyl halides is 3. The normalized spacial score (nSPS) is 11.7. The van der Waals surface area contributed by atoms with Gasteiger partial charge < -0.3 is 10.5 Å². The molecule has 0 aliphatic rings. The number of ether oxygens (including phenoxy) is 1. The first-order valence-electron chi connectivity index (χ1n) is 8.27. The zero-order chi connectivity index (χ0) is 19.7. The molecule has 0 saturated carbocycles. The molecule has 2 heterocycles. The lowest BCUT2D eigenvalue weighted by molar-refractivity contribution is -0.137. The number of aromatic nitrogens is 4. The molecule has 9 heteroatoms. The Morgan fingerprint density at radius 2 is 1.82 bits per heavy atom. The maximum Gasteiger partial charge on any atom is 0.416 e. The zero-order valence-corrected chi connectivity index (χ0v) is 14.4. The molecule has 0 unspecified atom stereocenters. The van der Waals surface area contributed by atoms with Crippen LogP contribution in [0, 0.1) is 0 Å². The highest BCUT2D eigenvalue weighted by atomic mass is 19.4. The number of halogens is 3. The van der Waals surface area contributed by atoms with E-state index in [1.807, 2.05) is 30.3 Å². The molecule has 142 valence electrons. The van der Waals surface area contributed by atoms with E-state index >= 15 is 0 Å². The minimum Gasteiger partial charge on any atom is -0.488 e. The van der Waals surface area contributed by atoms with Crippen molar-refractivity contribution in [2.45, 2.75) is 12.8 Å². The van der Waals surface area contributed by atoms with Crippen LogP contribution in [0.5, 0.6) is 5.75 Å². The van der Waals surface area contributed by atoms with Crippen LogP contribution in [0.3, 0.4) is 0 Å². The highest BCUT2D eigenvalue weighted by Gasteiger charge is 2.32. The first kappa shape index (κ1) is 17.8. The van der Waals surface area contributed by atoms with Crippen LogP contribution < -0.4 is 10.5 Å². The summed E-state index contributed by atoms with van der Waals surface area (Å²) in [5.74, 6) is 0.429. The van der Waals surface area contributed by atoms with E-state index in [0.717, 1.165) is 17.7 Å². The second-order valence-electron chi connectivity index (χ2n) is 6.01. The number of nitrogen functional groups attached to an aromatic ring is 1. The molecule has 0 spiro atoms.